The van der Waals surface area contributed by atoms with Crippen molar-refractivity contribution in [2.75, 3.05) is 6.54 Å². The van der Waals surface area contributed by atoms with Crippen molar-refractivity contribution in [3.63, 3.8) is 0 Å². The van der Waals surface area contributed by atoms with E-state index in [-0.39, 0.29) is 5.54 Å². The maximum Gasteiger partial charge on any atom is 0.00967 e. The van der Waals surface area contributed by atoms with E-state index in [4.69, 9.17) is 0 Å². The average molecular weight is 279 g/mol. The Morgan fingerprint density at radius 2 is 1.71 bits per heavy atom. The van der Waals surface area contributed by atoms with Crippen molar-refractivity contribution in [3.8, 4) is 11.1 Å². The fourth-order valence-electron chi connectivity index (χ4n) is 3.05. The van der Waals surface area contributed by atoms with E-state index in [2.05, 4.69) is 75.5 Å². The van der Waals surface area contributed by atoms with Gasteiger partial charge in [0.2, 0.25) is 0 Å². The molecule has 2 aromatic carbocycles. The topological polar surface area (TPSA) is 12.0 Å². The second kappa shape index (κ2) is 5.31. The van der Waals surface area contributed by atoms with E-state index >= 15 is 0 Å². The van der Waals surface area contributed by atoms with Gasteiger partial charge in [-0.15, -0.1) is 0 Å². The molecule has 0 fully saturated rings. The molecule has 1 heteroatoms. The van der Waals surface area contributed by atoms with Crippen LogP contribution in [-0.4, -0.2) is 12.1 Å². The van der Waals surface area contributed by atoms with Crippen LogP contribution in [0.3, 0.4) is 0 Å². The lowest BCUT2D eigenvalue weighted by Crippen LogP contribution is -2.38. The van der Waals surface area contributed by atoms with E-state index < -0.39 is 0 Å². The van der Waals surface area contributed by atoms with Gasteiger partial charge >= 0.3 is 0 Å². The number of benzene rings is 2. The molecule has 0 saturated heterocycles. The van der Waals surface area contributed by atoms with Gasteiger partial charge in [-0.1, -0.05) is 49.4 Å². The summed E-state index contributed by atoms with van der Waals surface area (Å²) in [4.78, 5) is 0. The minimum atomic E-state index is 0.182. The Morgan fingerprint density at radius 3 is 2.48 bits per heavy atom. The first-order chi connectivity index (χ1) is 9.94. The van der Waals surface area contributed by atoms with Crippen LogP contribution in [0.15, 0.2) is 42.5 Å². The highest BCUT2D eigenvalue weighted by Gasteiger charge is 2.19. The smallest absolute Gasteiger partial charge is 0.00967 e. The summed E-state index contributed by atoms with van der Waals surface area (Å²) >= 11 is 0. The van der Waals surface area contributed by atoms with E-state index in [9.17, 15) is 0 Å². The summed E-state index contributed by atoms with van der Waals surface area (Å²) in [7, 11) is 0. The number of hydrogen-bond acceptors (Lipinski definition) is 1. The van der Waals surface area contributed by atoms with Crippen molar-refractivity contribution in [1.82, 2.24) is 5.32 Å². The Hall–Kier alpha value is -1.60. The summed E-state index contributed by atoms with van der Waals surface area (Å²) in [5.74, 6) is 0.540. The molecule has 0 heterocycles. The predicted molar refractivity (Wildman–Crippen MR) is 90.9 cm³/mol. The van der Waals surface area contributed by atoms with Gasteiger partial charge in [0.1, 0.15) is 0 Å². The third kappa shape index (κ3) is 3.03. The SMILES string of the molecule is CC(CNC(C)(C)C)c1ccc2c(c1)Cc1ccccc1-2. The van der Waals surface area contributed by atoms with Crippen LogP contribution >= 0.6 is 0 Å². The van der Waals surface area contributed by atoms with E-state index in [1.54, 1.807) is 0 Å². The second-order valence-electron chi connectivity index (χ2n) is 7.28. The normalized spacial score (nSPS) is 14.7. The van der Waals surface area contributed by atoms with Gasteiger partial charge in [0.25, 0.3) is 0 Å². The lowest BCUT2D eigenvalue weighted by Gasteiger charge is -2.24. The molecule has 1 N–H and O–H groups in total. The Kier molecular flexibility index (Phi) is 3.62. The number of fused-ring (bicyclic) bond motifs is 3. The molecule has 0 aromatic heterocycles. The van der Waals surface area contributed by atoms with Crippen LogP contribution in [-0.2, 0) is 6.42 Å². The van der Waals surface area contributed by atoms with Crippen molar-refractivity contribution < 1.29 is 0 Å². The molecule has 1 unspecified atom stereocenters. The first kappa shape index (κ1) is 14.3. The molecule has 2 aromatic rings. The summed E-state index contributed by atoms with van der Waals surface area (Å²) in [5.41, 5.74) is 7.41. The third-order valence-electron chi connectivity index (χ3n) is 4.33. The van der Waals surface area contributed by atoms with Gasteiger partial charge in [0.05, 0.1) is 0 Å². The van der Waals surface area contributed by atoms with Crippen LogP contribution in [0.25, 0.3) is 11.1 Å². The molecule has 3 rings (SSSR count). The summed E-state index contributed by atoms with van der Waals surface area (Å²) in [6.07, 6.45) is 1.08. The van der Waals surface area contributed by atoms with E-state index in [1.165, 1.54) is 27.8 Å². The Morgan fingerprint density at radius 1 is 1.00 bits per heavy atom. The summed E-state index contributed by atoms with van der Waals surface area (Å²) < 4.78 is 0. The molecule has 1 nitrogen and oxygen atoms in total. The maximum atomic E-state index is 3.60. The Balaban J connectivity index is 1.81. The van der Waals surface area contributed by atoms with Gasteiger partial charge < -0.3 is 5.32 Å². The Bertz CT molecular complexity index is 649. The van der Waals surface area contributed by atoms with E-state index in [0.29, 0.717) is 5.92 Å². The Labute approximate surface area is 128 Å². The standard InChI is InChI=1S/C20H25N/c1-14(13-21-20(2,3)4)15-9-10-19-17(11-15)12-16-7-5-6-8-18(16)19/h5-11,14,21H,12-13H2,1-4H3. The molecule has 1 aliphatic carbocycles. The van der Waals surface area contributed by atoms with Gasteiger partial charge in [-0.3, -0.25) is 0 Å². The average Bonchev–Trinajstić information content (AvgIpc) is 2.81. The van der Waals surface area contributed by atoms with Crippen molar-refractivity contribution in [1.29, 1.82) is 0 Å². The summed E-state index contributed by atoms with van der Waals surface area (Å²) in [5, 5.41) is 3.60. The highest BCUT2D eigenvalue weighted by atomic mass is 14.9. The van der Waals surface area contributed by atoms with Crippen LogP contribution in [0.5, 0.6) is 0 Å². The van der Waals surface area contributed by atoms with Crippen molar-refractivity contribution >= 4 is 0 Å². The van der Waals surface area contributed by atoms with E-state index in [1.807, 2.05) is 0 Å². The molecule has 0 aliphatic heterocycles. The minimum Gasteiger partial charge on any atom is -0.311 e. The van der Waals surface area contributed by atoms with Gasteiger partial charge in [0.15, 0.2) is 0 Å². The highest BCUT2D eigenvalue weighted by Crippen LogP contribution is 2.37. The molecular weight excluding hydrogens is 254 g/mol. The lowest BCUT2D eigenvalue weighted by molar-refractivity contribution is 0.412. The molecular formula is C20H25N. The molecule has 0 saturated carbocycles. The third-order valence-corrected chi connectivity index (χ3v) is 4.33. The monoisotopic (exact) mass is 279 g/mol. The molecule has 1 atom stereocenters. The van der Waals surface area contributed by atoms with E-state index in [0.717, 1.165) is 13.0 Å². The summed E-state index contributed by atoms with van der Waals surface area (Å²) in [6, 6.07) is 15.8. The van der Waals surface area contributed by atoms with Crippen LogP contribution in [0.1, 0.15) is 50.3 Å². The van der Waals surface area contributed by atoms with Crippen LogP contribution in [0, 0.1) is 0 Å². The van der Waals surface area contributed by atoms with Gasteiger partial charge in [0, 0.05) is 12.1 Å². The maximum absolute atomic E-state index is 3.60. The van der Waals surface area contributed by atoms with Crippen molar-refractivity contribution in [3.05, 3.63) is 59.2 Å². The molecule has 1 aliphatic rings. The predicted octanol–water partition coefficient (Wildman–Crippen LogP) is 4.75. The molecule has 0 spiro atoms. The molecule has 0 radical (unpaired) electrons. The molecule has 0 bridgehead atoms. The van der Waals surface area contributed by atoms with Crippen molar-refractivity contribution in [2.24, 2.45) is 0 Å². The highest BCUT2D eigenvalue weighted by molar-refractivity contribution is 5.77. The first-order valence-electron chi connectivity index (χ1n) is 7.90. The number of rotatable bonds is 3. The van der Waals surface area contributed by atoms with Crippen LogP contribution in [0.4, 0.5) is 0 Å². The molecule has 110 valence electrons. The number of nitrogens with one attached hydrogen (secondary N) is 1. The van der Waals surface area contributed by atoms with Crippen molar-refractivity contribution in [2.45, 2.75) is 45.6 Å². The van der Waals surface area contributed by atoms with Crippen LogP contribution in [0.2, 0.25) is 0 Å². The second-order valence-corrected chi connectivity index (χ2v) is 7.28. The van der Waals surface area contributed by atoms with Crippen LogP contribution < -0.4 is 5.32 Å². The zero-order chi connectivity index (χ0) is 15.0. The minimum absolute atomic E-state index is 0.182. The summed E-state index contributed by atoms with van der Waals surface area (Å²) in [6.45, 7) is 9.99. The molecule has 21 heavy (non-hydrogen) atoms. The largest absolute Gasteiger partial charge is 0.311 e. The van der Waals surface area contributed by atoms with Gasteiger partial charge in [-0.2, -0.15) is 0 Å². The van der Waals surface area contributed by atoms with Gasteiger partial charge in [-0.05, 0) is 60.9 Å². The fourth-order valence-corrected chi connectivity index (χ4v) is 3.05. The zero-order valence-corrected chi connectivity index (χ0v) is 13.5. The first-order valence-corrected chi connectivity index (χ1v) is 7.90. The van der Waals surface area contributed by atoms with Gasteiger partial charge in [-0.25, -0.2) is 0 Å². The zero-order valence-electron chi connectivity index (χ0n) is 13.5. The lowest BCUT2D eigenvalue weighted by atomic mass is 9.95. The fraction of sp³-hybridized carbons (Fsp3) is 0.400. The number of hydrogen-bond donors (Lipinski definition) is 1. The quantitative estimate of drug-likeness (QED) is 0.729. The molecule has 0 amide bonds.